The minimum absolute atomic E-state index is 0.112. The number of carbonyl (C=O) groups excluding carboxylic acids is 2. The average molecular weight is 211 g/mol. The predicted octanol–water partition coefficient (Wildman–Crippen LogP) is -0.546. The second kappa shape index (κ2) is 3.09. The van der Waals surface area contributed by atoms with E-state index in [2.05, 4.69) is 10.1 Å². The van der Waals surface area contributed by atoms with E-state index in [0.29, 0.717) is 5.70 Å². The number of hydrogen-bond donors (Lipinski definition) is 2. The highest BCUT2D eigenvalue weighted by atomic mass is 16.6. The molecule has 6 nitrogen and oxygen atoms in total. The van der Waals surface area contributed by atoms with Crippen LogP contribution in [-0.2, 0) is 14.3 Å². The summed E-state index contributed by atoms with van der Waals surface area (Å²) in [5, 5.41) is 11.6. The fourth-order valence-electron chi connectivity index (χ4n) is 1.67. The second-order valence-corrected chi connectivity index (χ2v) is 3.15. The van der Waals surface area contributed by atoms with E-state index in [4.69, 9.17) is 4.74 Å². The van der Waals surface area contributed by atoms with E-state index >= 15 is 0 Å². The van der Waals surface area contributed by atoms with Gasteiger partial charge in [-0.2, -0.15) is 0 Å². The van der Waals surface area contributed by atoms with Crippen LogP contribution in [-0.4, -0.2) is 36.5 Å². The summed E-state index contributed by atoms with van der Waals surface area (Å²) in [6, 6.07) is 0. The first kappa shape index (κ1) is 9.72. The van der Waals surface area contributed by atoms with Crippen molar-refractivity contribution in [2.45, 2.75) is 5.60 Å². The lowest BCUT2D eigenvalue weighted by Crippen LogP contribution is -2.39. The minimum Gasteiger partial charge on any atom is -0.466 e. The van der Waals surface area contributed by atoms with Crippen molar-refractivity contribution in [1.29, 1.82) is 0 Å². The summed E-state index contributed by atoms with van der Waals surface area (Å²) in [5.74, 6) is -0.633. The molecule has 80 valence electrons. The van der Waals surface area contributed by atoms with Gasteiger partial charge in [-0.1, -0.05) is 0 Å². The first-order valence-corrected chi connectivity index (χ1v) is 4.26. The SMILES string of the molecule is COC(=O)C1=CC=C2NC(=O)OC21CO. The molecule has 1 heterocycles. The van der Waals surface area contributed by atoms with Gasteiger partial charge in [0.05, 0.1) is 25.0 Å². The Balaban J connectivity index is 2.39. The first-order valence-electron chi connectivity index (χ1n) is 4.26. The summed E-state index contributed by atoms with van der Waals surface area (Å²) < 4.78 is 9.45. The van der Waals surface area contributed by atoms with Gasteiger partial charge in [-0.05, 0) is 12.2 Å². The molecule has 0 radical (unpaired) electrons. The van der Waals surface area contributed by atoms with Gasteiger partial charge in [-0.15, -0.1) is 0 Å². The van der Waals surface area contributed by atoms with Crippen molar-refractivity contribution in [1.82, 2.24) is 5.32 Å². The van der Waals surface area contributed by atoms with Crippen LogP contribution in [0, 0.1) is 0 Å². The molecule has 15 heavy (non-hydrogen) atoms. The van der Waals surface area contributed by atoms with E-state index in [-0.39, 0.29) is 5.57 Å². The van der Waals surface area contributed by atoms with Crippen molar-refractivity contribution in [3.8, 4) is 0 Å². The third-order valence-corrected chi connectivity index (χ3v) is 2.42. The zero-order valence-electron chi connectivity index (χ0n) is 7.94. The molecule has 1 amide bonds. The highest BCUT2D eigenvalue weighted by molar-refractivity contribution is 5.96. The lowest BCUT2D eigenvalue weighted by molar-refractivity contribution is -0.138. The lowest BCUT2D eigenvalue weighted by atomic mass is 9.96. The summed E-state index contributed by atoms with van der Waals surface area (Å²) in [6.07, 6.45) is 2.27. The van der Waals surface area contributed by atoms with Gasteiger partial charge in [-0.25, -0.2) is 9.59 Å². The first-order chi connectivity index (χ1) is 7.14. The van der Waals surface area contributed by atoms with Crippen molar-refractivity contribution in [2.75, 3.05) is 13.7 Å². The van der Waals surface area contributed by atoms with E-state index < -0.39 is 24.3 Å². The molecule has 1 fully saturated rings. The number of methoxy groups -OCH3 is 1. The molecule has 0 aromatic rings. The van der Waals surface area contributed by atoms with Crippen molar-refractivity contribution in [2.24, 2.45) is 0 Å². The maximum Gasteiger partial charge on any atom is 0.412 e. The molecule has 1 saturated heterocycles. The largest absolute Gasteiger partial charge is 0.466 e. The third kappa shape index (κ3) is 1.15. The molecular formula is C9H9NO5. The highest BCUT2D eigenvalue weighted by Gasteiger charge is 2.53. The van der Waals surface area contributed by atoms with Crippen molar-refractivity contribution in [3.63, 3.8) is 0 Å². The van der Waals surface area contributed by atoms with Crippen LogP contribution in [0.1, 0.15) is 0 Å². The van der Waals surface area contributed by atoms with Gasteiger partial charge in [0.2, 0.25) is 5.60 Å². The number of ether oxygens (including phenoxy) is 2. The summed E-state index contributed by atoms with van der Waals surface area (Å²) in [4.78, 5) is 22.4. The number of esters is 1. The molecule has 1 aliphatic carbocycles. The number of alkyl carbamates (subject to hydrolysis) is 1. The zero-order chi connectivity index (χ0) is 11.1. The number of aliphatic hydroxyl groups excluding tert-OH is 1. The van der Waals surface area contributed by atoms with Crippen LogP contribution in [0.25, 0.3) is 0 Å². The molecule has 1 aliphatic heterocycles. The number of nitrogens with one attached hydrogen (secondary N) is 1. The van der Waals surface area contributed by atoms with Crippen LogP contribution in [0.2, 0.25) is 0 Å². The molecule has 1 unspecified atom stereocenters. The summed E-state index contributed by atoms with van der Waals surface area (Å²) in [7, 11) is 1.22. The van der Waals surface area contributed by atoms with Gasteiger partial charge in [0, 0.05) is 0 Å². The Labute approximate surface area is 85.2 Å². The molecule has 0 aromatic heterocycles. The number of hydrogen-bond acceptors (Lipinski definition) is 5. The lowest BCUT2D eigenvalue weighted by Gasteiger charge is -2.23. The zero-order valence-corrected chi connectivity index (χ0v) is 7.94. The van der Waals surface area contributed by atoms with E-state index in [0.717, 1.165) is 0 Å². The predicted molar refractivity (Wildman–Crippen MR) is 47.6 cm³/mol. The van der Waals surface area contributed by atoms with Crippen molar-refractivity contribution >= 4 is 12.1 Å². The fourth-order valence-corrected chi connectivity index (χ4v) is 1.67. The number of aliphatic hydroxyl groups is 1. The van der Waals surface area contributed by atoms with Crippen LogP contribution in [0.4, 0.5) is 4.79 Å². The molecule has 0 saturated carbocycles. The molecule has 0 bridgehead atoms. The Morgan fingerprint density at radius 2 is 2.40 bits per heavy atom. The van der Waals surface area contributed by atoms with Crippen molar-refractivity contribution < 1.29 is 24.2 Å². The molecule has 2 rings (SSSR count). The highest BCUT2D eigenvalue weighted by Crippen LogP contribution is 2.37. The quantitative estimate of drug-likeness (QED) is 0.599. The maximum atomic E-state index is 11.4. The Morgan fingerprint density at radius 1 is 1.67 bits per heavy atom. The monoisotopic (exact) mass is 211 g/mol. The van der Waals surface area contributed by atoms with Gasteiger partial charge in [0.1, 0.15) is 0 Å². The maximum absolute atomic E-state index is 11.4. The summed E-state index contributed by atoms with van der Waals surface area (Å²) in [5.41, 5.74) is -0.930. The number of rotatable bonds is 2. The Kier molecular flexibility index (Phi) is 2.01. The summed E-state index contributed by atoms with van der Waals surface area (Å²) in [6.45, 7) is -0.501. The molecule has 2 N–H and O–H groups in total. The van der Waals surface area contributed by atoms with Crippen molar-refractivity contribution in [3.05, 3.63) is 23.4 Å². The average Bonchev–Trinajstić information content (AvgIpc) is 2.71. The molecular weight excluding hydrogens is 202 g/mol. The molecule has 2 aliphatic rings. The fraction of sp³-hybridized carbons (Fsp3) is 0.333. The van der Waals surface area contributed by atoms with Crippen LogP contribution >= 0.6 is 0 Å². The Morgan fingerprint density at radius 3 is 3.00 bits per heavy atom. The standard InChI is InChI=1S/C9H9NO5/c1-14-7(12)5-2-3-6-9(5,4-11)15-8(13)10-6/h2-3,11H,4H2,1H3,(H,10,13). The normalized spacial score (nSPS) is 27.5. The van der Waals surface area contributed by atoms with Gasteiger partial charge >= 0.3 is 12.1 Å². The van der Waals surface area contributed by atoms with Gasteiger partial charge < -0.3 is 14.6 Å². The second-order valence-electron chi connectivity index (χ2n) is 3.15. The van der Waals surface area contributed by atoms with Crippen LogP contribution in [0.3, 0.4) is 0 Å². The van der Waals surface area contributed by atoms with E-state index in [1.54, 1.807) is 0 Å². The van der Waals surface area contributed by atoms with Gasteiger partial charge in [0.15, 0.2) is 0 Å². The smallest absolute Gasteiger partial charge is 0.412 e. The number of allylic oxidation sites excluding steroid dienone is 2. The number of carbonyl (C=O) groups is 2. The van der Waals surface area contributed by atoms with Gasteiger partial charge in [0.25, 0.3) is 0 Å². The topological polar surface area (TPSA) is 84.9 Å². The summed E-state index contributed by atoms with van der Waals surface area (Å²) >= 11 is 0. The van der Waals surface area contributed by atoms with Crippen LogP contribution < -0.4 is 5.32 Å². The molecule has 0 aromatic carbocycles. The van der Waals surface area contributed by atoms with Crippen LogP contribution in [0.15, 0.2) is 23.4 Å². The minimum atomic E-state index is -1.40. The number of fused-ring (bicyclic) bond motifs is 1. The van der Waals surface area contributed by atoms with E-state index in [9.17, 15) is 14.7 Å². The van der Waals surface area contributed by atoms with Gasteiger partial charge in [-0.3, -0.25) is 5.32 Å². The Hall–Kier alpha value is -1.82. The molecule has 0 spiro atoms. The Bertz CT molecular complexity index is 397. The van der Waals surface area contributed by atoms with Crippen LogP contribution in [0.5, 0.6) is 0 Å². The van der Waals surface area contributed by atoms with E-state index in [1.165, 1.54) is 19.3 Å². The van der Waals surface area contributed by atoms with E-state index in [1.807, 2.05) is 0 Å². The third-order valence-electron chi connectivity index (χ3n) is 2.42. The molecule has 6 heteroatoms. The number of amides is 1. The molecule has 1 atom stereocenters.